The molecule has 15 heavy (non-hydrogen) atoms. The SMILES string of the molecule is C=C1CCC(C)(C)N1c1ccnc(Cl)n1. The monoisotopic (exact) mass is 223 g/mol. The summed E-state index contributed by atoms with van der Waals surface area (Å²) in [5, 5.41) is 0.281. The Bertz CT molecular complexity index is 401. The van der Waals surface area contributed by atoms with E-state index in [4.69, 9.17) is 11.6 Å². The highest BCUT2D eigenvalue weighted by atomic mass is 35.5. The third-order valence-electron chi connectivity index (χ3n) is 2.79. The summed E-state index contributed by atoms with van der Waals surface area (Å²) in [6, 6.07) is 1.87. The summed E-state index contributed by atoms with van der Waals surface area (Å²) in [7, 11) is 0. The number of hydrogen-bond donors (Lipinski definition) is 0. The zero-order chi connectivity index (χ0) is 11.1. The molecule has 0 spiro atoms. The molecule has 4 heteroatoms. The molecule has 0 bridgehead atoms. The first-order chi connectivity index (χ1) is 7.00. The first-order valence-electron chi connectivity index (χ1n) is 4.97. The maximum atomic E-state index is 5.79. The minimum Gasteiger partial charge on any atom is -0.325 e. The van der Waals surface area contributed by atoms with Crippen molar-refractivity contribution in [2.24, 2.45) is 0 Å². The van der Waals surface area contributed by atoms with Gasteiger partial charge in [-0.3, -0.25) is 0 Å². The van der Waals surface area contributed by atoms with Crippen molar-refractivity contribution in [3.05, 3.63) is 29.8 Å². The third-order valence-corrected chi connectivity index (χ3v) is 2.97. The fourth-order valence-corrected chi connectivity index (χ4v) is 2.17. The predicted molar refractivity (Wildman–Crippen MR) is 62.0 cm³/mol. The molecule has 0 unspecified atom stereocenters. The zero-order valence-corrected chi connectivity index (χ0v) is 9.75. The van der Waals surface area contributed by atoms with Crippen LogP contribution in [0.5, 0.6) is 0 Å². The highest BCUT2D eigenvalue weighted by molar-refractivity contribution is 6.28. The molecule has 2 rings (SSSR count). The van der Waals surface area contributed by atoms with E-state index in [0.29, 0.717) is 0 Å². The quantitative estimate of drug-likeness (QED) is 0.686. The summed E-state index contributed by atoms with van der Waals surface area (Å²) in [4.78, 5) is 10.2. The molecule has 0 saturated carbocycles. The molecule has 1 aromatic heterocycles. The average molecular weight is 224 g/mol. The Kier molecular flexibility index (Phi) is 2.43. The Morgan fingerprint density at radius 3 is 2.80 bits per heavy atom. The van der Waals surface area contributed by atoms with Gasteiger partial charge in [0.25, 0.3) is 0 Å². The lowest BCUT2D eigenvalue weighted by Gasteiger charge is -2.32. The standard InChI is InChI=1S/C11H14ClN3/c1-8-4-6-11(2,3)15(8)9-5-7-13-10(12)14-9/h5,7H,1,4,6H2,2-3H3. The van der Waals surface area contributed by atoms with Crippen molar-refractivity contribution in [3.63, 3.8) is 0 Å². The Morgan fingerprint density at radius 1 is 1.53 bits per heavy atom. The Balaban J connectivity index is 2.41. The zero-order valence-electron chi connectivity index (χ0n) is 9.00. The minimum absolute atomic E-state index is 0.0643. The second kappa shape index (κ2) is 3.49. The van der Waals surface area contributed by atoms with E-state index in [-0.39, 0.29) is 10.8 Å². The van der Waals surface area contributed by atoms with Crippen LogP contribution in [0.3, 0.4) is 0 Å². The average Bonchev–Trinajstić information content (AvgIpc) is 2.40. The molecule has 1 saturated heterocycles. The van der Waals surface area contributed by atoms with E-state index in [1.165, 1.54) is 0 Å². The smallest absolute Gasteiger partial charge is 0.224 e. The van der Waals surface area contributed by atoms with E-state index >= 15 is 0 Å². The molecule has 1 aromatic rings. The molecule has 1 fully saturated rings. The predicted octanol–water partition coefficient (Wildman–Crippen LogP) is 3.02. The molecule has 1 aliphatic rings. The van der Waals surface area contributed by atoms with Crippen LogP contribution in [0.2, 0.25) is 5.28 Å². The van der Waals surface area contributed by atoms with Crippen molar-refractivity contribution >= 4 is 17.4 Å². The minimum atomic E-state index is 0.0643. The van der Waals surface area contributed by atoms with E-state index in [1.54, 1.807) is 6.20 Å². The number of allylic oxidation sites excluding steroid dienone is 1. The molecule has 0 N–H and O–H groups in total. The Morgan fingerprint density at radius 2 is 2.27 bits per heavy atom. The molecular formula is C11H14ClN3. The van der Waals surface area contributed by atoms with Gasteiger partial charge in [-0.05, 0) is 44.4 Å². The van der Waals surface area contributed by atoms with E-state index in [1.807, 2.05) is 6.07 Å². The van der Waals surface area contributed by atoms with Gasteiger partial charge in [0.2, 0.25) is 5.28 Å². The molecule has 0 amide bonds. The number of hydrogen-bond acceptors (Lipinski definition) is 3. The van der Waals surface area contributed by atoms with Crippen LogP contribution < -0.4 is 4.90 Å². The summed E-state index contributed by atoms with van der Waals surface area (Å²) >= 11 is 5.79. The highest BCUT2D eigenvalue weighted by Crippen LogP contribution is 2.38. The lowest BCUT2D eigenvalue weighted by atomic mass is 10.0. The van der Waals surface area contributed by atoms with Gasteiger partial charge in [0.05, 0.1) is 0 Å². The topological polar surface area (TPSA) is 29.0 Å². The molecule has 80 valence electrons. The van der Waals surface area contributed by atoms with E-state index in [9.17, 15) is 0 Å². The van der Waals surface area contributed by atoms with Crippen LogP contribution >= 0.6 is 11.6 Å². The van der Waals surface area contributed by atoms with Gasteiger partial charge >= 0.3 is 0 Å². The second-order valence-corrected chi connectivity index (χ2v) is 4.74. The summed E-state index contributed by atoms with van der Waals surface area (Å²) in [6.45, 7) is 8.42. The molecule has 0 aromatic carbocycles. The maximum absolute atomic E-state index is 5.79. The molecule has 0 aliphatic carbocycles. The van der Waals surface area contributed by atoms with Gasteiger partial charge < -0.3 is 4.90 Å². The molecule has 2 heterocycles. The summed E-state index contributed by atoms with van der Waals surface area (Å²) < 4.78 is 0. The van der Waals surface area contributed by atoms with Crippen molar-refractivity contribution in [1.29, 1.82) is 0 Å². The fourth-order valence-electron chi connectivity index (χ4n) is 2.02. The van der Waals surface area contributed by atoms with Gasteiger partial charge in [0.1, 0.15) is 5.82 Å². The first-order valence-corrected chi connectivity index (χ1v) is 5.35. The van der Waals surface area contributed by atoms with Crippen LogP contribution in [0, 0.1) is 0 Å². The first kappa shape index (κ1) is 10.4. The van der Waals surface area contributed by atoms with Crippen molar-refractivity contribution in [2.75, 3.05) is 4.90 Å². The van der Waals surface area contributed by atoms with Gasteiger partial charge in [0, 0.05) is 17.4 Å². The van der Waals surface area contributed by atoms with Gasteiger partial charge in [-0.25, -0.2) is 9.97 Å². The fraction of sp³-hybridized carbons (Fsp3) is 0.455. The van der Waals surface area contributed by atoms with Gasteiger partial charge in [0.15, 0.2) is 0 Å². The molecule has 0 atom stereocenters. The number of aromatic nitrogens is 2. The normalized spacial score (nSPS) is 19.7. The van der Waals surface area contributed by atoms with Gasteiger partial charge in [-0.1, -0.05) is 6.58 Å². The van der Waals surface area contributed by atoms with Crippen LogP contribution in [0.25, 0.3) is 0 Å². The van der Waals surface area contributed by atoms with Crippen molar-refractivity contribution in [1.82, 2.24) is 9.97 Å². The lowest BCUT2D eigenvalue weighted by Crippen LogP contribution is -2.37. The van der Waals surface area contributed by atoms with Crippen LogP contribution in [0.1, 0.15) is 26.7 Å². The Labute approximate surface area is 94.8 Å². The number of rotatable bonds is 1. The summed E-state index contributed by atoms with van der Waals surface area (Å²) in [6.07, 6.45) is 3.77. The third kappa shape index (κ3) is 1.84. The Hall–Kier alpha value is -1.09. The van der Waals surface area contributed by atoms with Gasteiger partial charge in [-0.15, -0.1) is 0 Å². The largest absolute Gasteiger partial charge is 0.325 e. The molecule has 0 radical (unpaired) electrons. The number of anilines is 1. The molecule has 3 nitrogen and oxygen atoms in total. The second-order valence-electron chi connectivity index (χ2n) is 4.40. The van der Waals surface area contributed by atoms with Crippen LogP contribution in [0.4, 0.5) is 5.82 Å². The molecular weight excluding hydrogens is 210 g/mol. The van der Waals surface area contributed by atoms with Crippen LogP contribution in [-0.4, -0.2) is 15.5 Å². The van der Waals surface area contributed by atoms with Crippen LogP contribution in [0.15, 0.2) is 24.5 Å². The lowest BCUT2D eigenvalue weighted by molar-refractivity contribution is 0.518. The van der Waals surface area contributed by atoms with E-state index in [2.05, 4.69) is 35.3 Å². The van der Waals surface area contributed by atoms with E-state index < -0.39 is 0 Å². The maximum Gasteiger partial charge on any atom is 0.224 e. The van der Waals surface area contributed by atoms with Crippen LogP contribution in [-0.2, 0) is 0 Å². The highest BCUT2D eigenvalue weighted by Gasteiger charge is 2.35. The summed E-state index contributed by atoms with van der Waals surface area (Å²) in [5.41, 5.74) is 1.16. The summed E-state index contributed by atoms with van der Waals surface area (Å²) in [5.74, 6) is 0.836. The number of nitrogens with zero attached hydrogens (tertiary/aromatic N) is 3. The molecule has 1 aliphatic heterocycles. The van der Waals surface area contributed by atoms with E-state index in [0.717, 1.165) is 24.4 Å². The van der Waals surface area contributed by atoms with Crippen molar-refractivity contribution in [2.45, 2.75) is 32.2 Å². The van der Waals surface area contributed by atoms with Gasteiger partial charge in [-0.2, -0.15) is 0 Å². The number of halogens is 1. The van der Waals surface area contributed by atoms with Crippen molar-refractivity contribution < 1.29 is 0 Å². The van der Waals surface area contributed by atoms with Crippen molar-refractivity contribution in [3.8, 4) is 0 Å².